The van der Waals surface area contributed by atoms with Gasteiger partial charge in [0.05, 0.1) is 0 Å². The molecule has 0 atom stereocenters. The van der Waals surface area contributed by atoms with Crippen molar-refractivity contribution in [2.24, 2.45) is 0 Å². The van der Waals surface area contributed by atoms with Crippen molar-refractivity contribution in [1.82, 2.24) is 4.90 Å². The number of nitrogens with zero attached hydrogens (tertiary/aromatic N) is 1. The summed E-state index contributed by atoms with van der Waals surface area (Å²) in [5.41, 5.74) is 0.152. The van der Waals surface area contributed by atoms with Crippen LogP contribution in [0, 0.1) is 0 Å². The van der Waals surface area contributed by atoms with E-state index in [-0.39, 0.29) is 5.57 Å². The molecule has 0 N–H and O–H groups in total. The molecule has 0 unspecified atom stereocenters. The van der Waals surface area contributed by atoms with E-state index >= 15 is 0 Å². The minimum Gasteiger partial charge on any atom is -0.269 e. The van der Waals surface area contributed by atoms with Gasteiger partial charge in [0.25, 0.3) is 17.7 Å². The molecule has 4 heteroatoms. The normalized spacial score (nSPS) is 20.5. The molecule has 0 aromatic heterocycles. The summed E-state index contributed by atoms with van der Waals surface area (Å²) in [5.74, 6) is -1.92. The summed E-state index contributed by atoms with van der Waals surface area (Å²) in [5, 5.41) is 0. The number of allylic oxidation sites excluding steroid dienone is 2. The molecule has 1 rings (SSSR count). The van der Waals surface area contributed by atoms with Crippen molar-refractivity contribution in [3.8, 4) is 0 Å². The number of carbonyl (C=O) groups is 3. The molecule has 3 amide bonds. The lowest BCUT2D eigenvalue weighted by Gasteiger charge is -2.16. The SMILES string of the molecule is C=C(C)C(=O)N1C(=O)/C=C\C/C=C\C1=O. The number of imide groups is 3. The third kappa shape index (κ3) is 2.49. The molecule has 1 heterocycles. The van der Waals surface area contributed by atoms with Gasteiger partial charge in [0.2, 0.25) is 0 Å². The Bertz CT molecular complexity index is 367. The standard InChI is InChI=1S/C11H11NO3/c1-8(2)11(15)12-9(13)6-4-3-5-7-10(12)14/h4-7H,1,3H2,2H3/b6-4-,7-5-. The quantitative estimate of drug-likeness (QED) is 0.473. The number of carbonyl (C=O) groups excluding carboxylic acids is 3. The van der Waals surface area contributed by atoms with Crippen LogP contribution in [0.3, 0.4) is 0 Å². The van der Waals surface area contributed by atoms with Crippen molar-refractivity contribution in [3.05, 3.63) is 36.5 Å². The van der Waals surface area contributed by atoms with Gasteiger partial charge in [-0.15, -0.1) is 0 Å². The van der Waals surface area contributed by atoms with E-state index in [0.717, 1.165) is 0 Å². The van der Waals surface area contributed by atoms with E-state index in [1.807, 2.05) is 0 Å². The summed E-state index contributed by atoms with van der Waals surface area (Å²) in [4.78, 5) is 35.0. The smallest absolute Gasteiger partial charge is 0.262 e. The fraction of sp³-hybridized carbons (Fsp3) is 0.182. The lowest BCUT2D eigenvalue weighted by atomic mass is 10.2. The molecule has 0 bridgehead atoms. The van der Waals surface area contributed by atoms with Crippen LogP contribution in [0.4, 0.5) is 0 Å². The van der Waals surface area contributed by atoms with Crippen LogP contribution in [-0.4, -0.2) is 22.6 Å². The molecule has 4 nitrogen and oxygen atoms in total. The van der Waals surface area contributed by atoms with Gasteiger partial charge >= 0.3 is 0 Å². The van der Waals surface area contributed by atoms with E-state index in [4.69, 9.17) is 0 Å². The van der Waals surface area contributed by atoms with Crippen molar-refractivity contribution in [3.63, 3.8) is 0 Å². The molecule has 0 saturated carbocycles. The fourth-order valence-corrected chi connectivity index (χ4v) is 1.06. The predicted molar refractivity (Wildman–Crippen MR) is 54.6 cm³/mol. The van der Waals surface area contributed by atoms with Crippen molar-refractivity contribution in [2.45, 2.75) is 13.3 Å². The molecule has 1 aliphatic rings. The van der Waals surface area contributed by atoms with Crippen LogP contribution in [0.1, 0.15) is 13.3 Å². The monoisotopic (exact) mass is 205 g/mol. The Morgan fingerprint density at radius 1 is 1.27 bits per heavy atom. The molecule has 0 saturated heterocycles. The molecule has 0 aromatic rings. The summed E-state index contributed by atoms with van der Waals surface area (Å²) in [6, 6.07) is 0. The van der Waals surface area contributed by atoms with Gasteiger partial charge in [0.15, 0.2) is 0 Å². The first-order valence-electron chi connectivity index (χ1n) is 4.45. The van der Waals surface area contributed by atoms with Crippen LogP contribution < -0.4 is 0 Å². The maximum atomic E-state index is 11.5. The summed E-state index contributed by atoms with van der Waals surface area (Å²) in [7, 11) is 0. The van der Waals surface area contributed by atoms with Crippen molar-refractivity contribution in [2.75, 3.05) is 0 Å². The number of hydrogen-bond acceptors (Lipinski definition) is 3. The second kappa shape index (κ2) is 4.50. The zero-order valence-corrected chi connectivity index (χ0v) is 8.40. The Balaban J connectivity index is 3.05. The average molecular weight is 205 g/mol. The van der Waals surface area contributed by atoms with Gasteiger partial charge in [-0.05, 0) is 13.3 Å². The predicted octanol–water partition coefficient (Wildman–Crippen LogP) is 0.960. The van der Waals surface area contributed by atoms with E-state index in [9.17, 15) is 14.4 Å². The van der Waals surface area contributed by atoms with E-state index in [1.54, 1.807) is 12.2 Å². The summed E-state index contributed by atoms with van der Waals surface area (Å²) in [6.45, 7) is 4.86. The second-order valence-electron chi connectivity index (χ2n) is 3.14. The second-order valence-corrected chi connectivity index (χ2v) is 3.14. The van der Waals surface area contributed by atoms with Crippen LogP contribution >= 0.6 is 0 Å². The highest BCUT2D eigenvalue weighted by atomic mass is 16.2. The molecule has 0 fully saturated rings. The minimum atomic E-state index is -0.666. The average Bonchev–Trinajstić information content (AvgIpc) is 2.14. The maximum Gasteiger partial charge on any atom is 0.262 e. The van der Waals surface area contributed by atoms with Crippen LogP contribution in [0.15, 0.2) is 36.5 Å². The topological polar surface area (TPSA) is 54.5 Å². The van der Waals surface area contributed by atoms with Gasteiger partial charge in [0.1, 0.15) is 0 Å². The van der Waals surface area contributed by atoms with Crippen LogP contribution in [-0.2, 0) is 14.4 Å². The third-order valence-electron chi connectivity index (χ3n) is 1.80. The number of amides is 3. The van der Waals surface area contributed by atoms with E-state index in [2.05, 4.69) is 6.58 Å². The number of rotatable bonds is 1. The fourth-order valence-electron chi connectivity index (χ4n) is 1.06. The number of hydrogen-bond donors (Lipinski definition) is 0. The van der Waals surface area contributed by atoms with Crippen molar-refractivity contribution < 1.29 is 14.4 Å². The molecule has 78 valence electrons. The lowest BCUT2D eigenvalue weighted by Crippen LogP contribution is -2.40. The Morgan fingerprint density at radius 2 is 1.73 bits per heavy atom. The van der Waals surface area contributed by atoms with E-state index < -0.39 is 17.7 Å². The van der Waals surface area contributed by atoms with Gasteiger partial charge < -0.3 is 0 Å². The molecule has 0 aromatic carbocycles. The highest BCUT2D eigenvalue weighted by Crippen LogP contribution is 2.05. The Kier molecular flexibility index (Phi) is 3.33. The lowest BCUT2D eigenvalue weighted by molar-refractivity contribution is -0.147. The van der Waals surface area contributed by atoms with Crippen molar-refractivity contribution in [1.29, 1.82) is 0 Å². The molecule has 15 heavy (non-hydrogen) atoms. The van der Waals surface area contributed by atoms with Gasteiger partial charge in [-0.3, -0.25) is 14.4 Å². The van der Waals surface area contributed by atoms with Crippen LogP contribution in [0.5, 0.6) is 0 Å². The van der Waals surface area contributed by atoms with E-state index in [1.165, 1.54) is 19.1 Å². The largest absolute Gasteiger partial charge is 0.269 e. The molecule has 1 aliphatic heterocycles. The Morgan fingerprint density at radius 3 is 2.13 bits per heavy atom. The highest BCUT2D eigenvalue weighted by molar-refractivity contribution is 6.20. The zero-order chi connectivity index (χ0) is 11.4. The molecular formula is C11H11NO3. The highest BCUT2D eigenvalue weighted by Gasteiger charge is 2.25. The third-order valence-corrected chi connectivity index (χ3v) is 1.80. The molecule has 0 radical (unpaired) electrons. The van der Waals surface area contributed by atoms with Crippen LogP contribution in [0.25, 0.3) is 0 Å². The first kappa shape index (κ1) is 11.1. The van der Waals surface area contributed by atoms with Gasteiger partial charge in [-0.1, -0.05) is 18.7 Å². The van der Waals surface area contributed by atoms with E-state index in [0.29, 0.717) is 11.3 Å². The molecule has 0 spiro atoms. The maximum absolute atomic E-state index is 11.5. The van der Waals surface area contributed by atoms with Gasteiger partial charge in [-0.2, -0.15) is 0 Å². The molecule has 0 aliphatic carbocycles. The summed E-state index contributed by atoms with van der Waals surface area (Å²) >= 11 is 0. The first-order valence-corrected chi connectivity index (χ1v) is 4.45. The van der Waals surface area contributed by atoms with Gasteiger partial charge in [0, 0.05) is 17.7 Å². The Hall–Kier alpha value is -1.97. The van der Waals surface area contributed by atoms with Crippen molar-refractivity contribution >= 4 is 17.7 Å². The van der Waals surface area contributed by atoms with Crippen LogP contribution in [0.2, 0.25) is 0 Å². The molecular weight excluding hydrogens is 194 g/mol. The first-order chi connectivity index (χ1) is 7.04. The summed E-state index contributed by atoms with van der Waals surface area (Å²) in [6.07, 6.45) is 6.10. The summed E-state index contributed by atoms with van der Waals surface area (Å²) < 4.78 is 0. The minimum absolute atomic E-state index is 0.152. The Labute approximate surface area is 87.6 Å². The van der Waals surface area contributed by atoms with Gasteiger partial charge in [-0.25, -0.2) is 4.90 Å². The zero-order valence-electron chi connectivity index (χ0n) is 8.40.